The smallest absolute Gasteiger partial charge is 0.256 e. The van der Waals surface area contributed by atoms with Crippen molar-refractivity contribution in [3.05, 3.63) is 58.0 Å². The van der Waals surface area contributed by atoms with Crippen molar-refractivity contribution in [2.24, 2.45) is 0 Å². The zero-order valence-corrected chi connectivity index (χ0v) is 10.5. The zero-order chi connectivity index (χ0) is 13.1. The van der Waals surface area contributed by atoms with Crippen molar-refractivity contribution in [3.8, 4) is 0 Å². The number of anilines is 1. The number of carbonyl (C=O) groups excluding carboxylic acids is 1. The molecule has 0 saturated carbocycles. The fraction of sp³-hybridized carbons (Fsp3) is 0. The van der Waals surface area contributed by atoms with Crippen molar-refractivity contribution < 1.29 is 9.18 Å². The van der Waals surface area contributed by atoms with Gasteiger partial charge in [0.1, 0.15) is 16.8 Å². The Hall–Kier alpha value is -1.65. The number of amides is 1. The number of pyridine rings is 1. The Labute approximate surface area is 113 Å². The quantitative estimate of drug-likeness (QED) is 0.853. The van der Waals surface area contributed by atoms with E-state index in [9.17, 15) is 9.18 Å². The van der Waals surface area contributed by atoms with Gasteiger partial charge < -0.3 is 5.32 Å². The van der Waals surface area contributed by atoms with E-state index in [0.29, 0.717) is 5.82 Å². The van der Waals surface area contributed by atoms with Gasteiger partial charge in [0.25, 0.3) is 5.91 Å². The summed E-state index contributed by atoms with van der Waals surface area (Å²) < 4.78 is 13.2. The van der Waals surface area contributed by atoms with Gasteiger partial charge in [-0.1, -0.05) is 29.3 Å². The first kappa shape index (κ1) is 12.8. The molecule has 0 spiro atoms. The number of carbonyl (C=O) groups is 1. The number of nitrogens with one attached hydrogen (secondary N) is 1. The van der Waals surface area contributed by atoms with E-state index < -0.39 is 11.7 Å². The number of nitrogens with zero attached hydrogens (tertiary/aromatic N) is 1. The maximum absolute atomic E-state index is 13.2. The highest BCUT2D eigenvalue weighted by atomic mass is 35.5. The van der Waals surface area contributed by atoms with E-state index in [2.05, 4.69) is 10.3 Å². The van der Waals surface area contributed by atoms with Crippen LogP contribution in [0.4, 0.5) is 10.2 Å². The minimum atomic E-state index is -0.650. The molecule has 0 aliphatic rings. The molecule has 0 aliphatic carbocycles. The predicted octanol–water partition coefficient (Wildman–Crippen LogP) is 3.78. The van der Waals surface area contributed by atoms with Gasteiger partial charge >= 0.3 is 0 Å². The van der Waals surface area contributed by atoms with Crippen molar-refractivity contribution in [2.75, 3.05) is 5.32 Å². The minimum Gasteiger partial charge on any atom is -0.307 e. The van der Waals surface area contributed by atoms with Crippen LogP contribution in [0.1, 0.15) is 10.4 Å². The lowest BCUT2D eigenvalue weighted by molar-refractivity contribution is 0.102. The highest BCUT2D eigenvalue weighted by Gasteiger charge is 2.09. The fourth-order valence-electron chi connectivity index (χ4n) is 1.30. The Morgan fingerprint density at radius 3 is 2.67 bits per heavy atom. The average Bonchev–Trinajstić information content (AvgIpc) is 2.32. The molecule has 1 heterocycles. The summed E-state index contributed by atoms with van der Waals surface area (Å²) in [6.45, 7) is 0. The molecule has 92 valence electrons. The van der Waals surface area contributed by atoms with Crippen LogP contribution in [0.3, 0.4) is 0 Å². The number of hydrogen-bond donors (Lipinski definition) is 1. The standard InChI is InChI=1S/C12H7Cl2FN2O/c13-8-5-4-7(6-9(8)15)12(18)17-11-3-1-2-10(14)16-11/h1-6H,(H,16,17,18). The summed E-state index contributed by atoms with van der Waals surface area (Å²) in [7, 11) is 0. The van der Waals surface area contributed by atoms with E-state index in [1.165, 1.54) is 12.1 Å². The summed E-state index contributed by atoms with van der Waals surface area (Å²) in [5.41, 5.74) is 0.152. The molecule has 1 aromatic heterocycles. The average molecular weight is 285 g/mol. The molecule has 18 heavy (non-hydrogen) atoms. The van der Waals surface area contributed by atoms with E-state index in [-0.39, 0.29) is 15.7 Å². The maximum atomic E-state index is 13.2. The van der Waals surface area contributed by atoms with Crippen LogP contribution >= 0.6 is 23.2 Å². The number of rotatable bonds is 2. The number of aromatic nitrogens is 1. The SMILES string of the molecule is O=C(Nc1cccc(Cl)n1)c1ccc(Cl)c(F)c1. The van der Waals surface area contributed by atoms with Gasteiger partial charge in [-0.2, -0.15) is 0 Å². The van der Waals surface area contributed by atoms with Gasteiger partial charge in [0.15, 0.2) is 0 Å². The summed E-state index contributed by atoms with van der Waals surface area (Å²) >= 11 is 11.2. The van der Waals surface area contributed by atoms with Crippen LogP contribution in [0.25, 0.3) is 0 Å². The molecule has 1 N–H and O–H groups in total. The van der Waals surface area contributed by atoms with Gasteiger partial charge in [0, 0.05) is 5.56 Å². The molecule has 2 aromatic rings. The molecular formula is C12H7Cl2FN2O. The molecule has 2 rings (SSSR count). The molecule has 0 bridgehead atoms. The molecule has 0 radical (unpaired) electrons. The van der Waals surface area contributed by atoms with Crippen LogP contribution in [-0.2, 0) is 0 Å². The number of halogens is 3. The second-order valence-corrected chi connectivity index (χ2v) is 4.22. The zero-order valence-electron chi connectivity index (χ0n) is 8.95. The van der Waals surface area contributed by atoms with Crippen LogP contribution in [0, 0.1) is 5.82 Å². The molecule has 0 aliphatic heterocycles. The Balaban J connectivity index is 2.19. The summed E-state index contributed by atoms with van der Waals surface area (Å²) in [5, 5.41) is 2.73. The molecule has 3 nitrogen and oxygen atoms in total. The van der Waals surface area contributed by atoms with E-state index >= 15 is 0 Å². The first-order chi connectivity index (χ1) is 8.56. The third-order valence-electron chi connectivity index (χ3n) is 2.14. The van der Waals surface area contributed by atoms with E-state index in [1.807, 2.05) is 0 Å². The second-order valence-electron chi connectivity index (χ2n) is 3.43. The predicted molar refractivity (Wildman–Crippen MR) is 68.6 cm³/mol. The lowest BCUT2D eigenvalue weighted by Gasteiger charge is -2.05. The van der Waals surface area contributed by atoms with Gasteiger partial charge in [0.2, 0.25) is 0 Å². The highest BCUT2D eigenvalue weighted by molar-refractivity contribution is 6.31. The largest absolute Gasteiger partial charge is 0.307 e. The third kappa shape index (κ3) is 2.97. The monoisotopic (exact) mass is 284 g/mol. The summed E-state index contributed by atoms with van der Waals surface area (Å²) in [6.07, 6.45) is 0. The highest BCUT2D eigenvalue weighted by Crippen LogP contribution is 2.17. The van der Waals surface area contributed by atoms with Crippen molar-refractivity contribution in [2.45, 2.75) is 0 Å². The molecule has 6 heteroatoms. The van der Waals surface area contributed by atoms with Crippen molar-refractivity contribution in [3.63, 3.8) is 0 Å². The second kappa shape index (κ2) is 5.33. The maximum Gasteiger partial charge on any atom is 0.256 e. The minimum absolute atomic E-state index is 0.0348. The first-order valence-corrected chi connectivity index (χ1v) is 5.71. The Kier molecular flexibility index (Phi) is 3.79. The first-order valence-electron chi connectivity index (χ1n) is 4.95. The van der Waals surface area contributed by atoms with Crippen LogP contribution in [0.5, 0.6) is 0 Å². The number of hydrogen-bond acceptors (Lipinski definition) is 2. The molecule has 0 atom stereocenters. The third-order valence-corrected chi connectivity index (χ3v) is 2.66. The molecule has 0 saturated heterocycles. The normalized spacial score (nSPS) is 10.2. The molecule has 0 fully saturated rings. The molecule has 1 amide bonds. The Morgan fingerprint density at radius 2 is 2.00 bits per heavy atom. The van der Waals surface area contributed by atoms with Crippen LogP contribution < -0.4 is 5.32 Å². The van der Waals surface area contributed by atoms with Crippen LogP contribution in [0.2, 0.25) is 10.2 Å². The molecule has 0 unspecified atom stereocenters. The van der Waals surface area contributed by atoms with E-state index in [4.69, 9.17) is 23.2 Å². The van der Waals surface area contributed by atoms with Gasteiger partial charge in [-0.3, -0.25) is 4.79 Å². The lowest BCUT2D eigenvalue weighted by atomic mass is 10.2. The van der Waals surface area contributed by atoms with Crippen molar-refractivity contribution in [1.29, 1.82) is 0 Å². The lowest BCUT2D eigenvalue weighted by Crippen LogP contribution is -2.13. The van der Waals surface area contributed by atoms with Crippen molar-refractivity contribution in [1.82, 2.24) is 4.98 Å². The van der Waals surface area contributed by atoms with Gasteiger partial charge in [-0.25, -0.2) is 9.37 Å². The fourth-order valence-corrected chi connectivity index (χ4v) is 1.59. The van der Waals surface area contributed by atoms with Crippen LogP contribution in [-0.4, -0.2) is 10.9 Å². The number of benzene rings is 1. The van der Waals surface area contributed by atoms with Gasteiger partial charge in [-0.05, 0) is 30.3 Å². The summed E-state index contributed by atoms with van der Waals surface area (Å²) in [6, 6.07) is 8.60. The Morgan fingerprint density at radius 1 is 1.22 bits per heavy atom. The van der Waals surface area contributed by atoms with Gasteiger partial charge in [0.05, 0.1) is 5.02 Å². The van der Waals surface area contributed by atoms with Gasteiger partial charge in [-0.15, -0.1) is 0 Å². The van der Waals surface area contributed by atoms with E-state index in [1.54, 1.807) is 18.2 Å². The molecule has 1 aromatic carbocycles. The van der Waals surface area contributed by atoms with Crippen molar-refractivity contribution >= 4 is 34.9 Å². The Bertz CT molecular complexity index is 604. The summed E-state index contributed by atoms with van der Waals surface area (Å²) in [4.78, 5) is 15.7. The molecular weight excluding hydrogens is 278 g/mol. The van der Waals surface area contributed by atoms with Crippen LogP contribution in [0.15, 0.2) is 36.4 Å². The topological polar surface area (TPSA) is 42.0 Å². The van der Waals surface area contributed by atoms with E-state index in [0.717, 1.165) is 6.07 Å². The summed E-state index contributed by atoms with van der Waals surface area (Å²) in [5.74, 6) is -0.841.